The third kappa shape index (κ3) is 5.01. The number of carboxylic acid groups (broad SMARTS) is 1. The van der Waals surface area contributed by atoms with Crippen LogP contribution in [0.4, 0.5) is 4.79 Å². The van der Waals surface area contributed by atoms with Crippen LogP contribution >= 0.6 is 0 Å². The molecule has 8 heteroatoms. The van der Waals surface area contributed by atoms with Gasteiger partial charge in [0.25, 0.3) is 0 Å². The summed E-state index contributed by atoms with van der Waals surface area (Å²) in [6.45, 7) is 4.94. The number of hydrogen-bond donors (Lipinski definition) is 1. The first-order chi connectivity index (χ1) is 13.4. The molecule has 8 nitrogen and oxygen atoms in total. The van der Waals surface area contributed by atoms with E-state index in [1.807, 2.05) is 30.3 Å². The van der Waals surface area contributed by atoms with Gasteiger partial charge in [0.05, 0.1) is 5.92 Å². The van der Waals surface area contributed by atoms with E-state index in [9.17, 15) is 19.5 Å². The first-order valence-corrected chi connectivity index (χ1v) is 9.62. The number of carbonyl (C=O) groups is 3. The van der Waals surface area contributed by atoms with Crippen LogP contribution in [0.5, 0.6) is 0 Å². The molecule has 1 aromatic rings. The lowest BCUT2D eigenvalue weighted by Crippen LogP contribution is -2.58. The summed E-state index contributed by atoms with van der Waals surface area (Å²) in [7, 11) is 0. The molecule has 0 aliphatic carbocycles. The van der Waals surface area contributed by atoms with Crippen molar-refractivity contribution in [3.8, 4) is 0 Å². The van der Waals surface area contributed by atoms with E-state index in [1.54, 1.807) is 11.8 Å². The second-order valence-electron chi connectivity index (χ2n) is 7.41. The molecular weight excluding hydrogens is 362 g/mol. The lowest BCUT2D eigenvalue weighted by molar-refractivity contribution is -0.144. The second-order valence-corrected chi connectivity index (χ2v) is 7.41. The van der Waals surface area contributed by atoms with Gasteiger partial charge in [0.2, 0.25) is 5.91 Å². The van der Waals surface area contributed by atoms with E-state index in [0.717, 1.165) is 5.56 Å². The molecule has 0 saturated carbocycles. The maximum Gasteiger partial charge on any atom is 0.410 e. The summed E-state index contributed by atoms with van der Waals surface area (Å²) in [6.07, 6.45) is 0.0138. The Balaban J connectivity index is 1.60. The van der Waals surface area contributed by atoms with E-state index < -0.39 is 18.0 Å². The number of amides is 2. The van der Waals surface area contributed by atoms with E-state index in [-0.39, 0.29) is 25.1 Å². The van der Waals surface area contributed by atoms with Crippen LogP contribution in [-0.2, 0) is 20.9 Å². The quantitative estimate of drug-likeness (QED) is 0.834. The zero-order chi connectivity index (χ0) is 20.1. The van der Waals surface area contributed by atoms with Gasteiger partial charge in [0, 0.05) is 52.2 Å². The smallest absolute Gasteiger partial charge is 0.410 e. The molecule has 3 rings (SSSR count). The molecule has 0 bridgehead atoms. The van der Waals surface area contributed by atoms with Gasteiger partial charge in [-0.2, -0.15) is 0 Å². The number of nitrogens with zero attached hydrogens (tertiary/aromatic N) is 3. The van der Waals surface area contributed by atoms with E-state index in [4.69, 9.17) is 4.74 Å². The van der Waals surface area contributed by atoms with Crippen LogP contribution < -0.4 is 0 Å². The fraction of sp³-hybridized carbons (Fsp3) is 0.550. The van der Waals surface area contributed by atoms with Crippen molar-refractivity contribution in [3.05, 3.63) is 35.9 Å². The number of hydrogen-bond acceptors (Lipinski definition) is 5. The monoisotopic (exact) mass is 389 g/mol. The van der Waals surface area contributed by atoms with Crippen molar-refractivity contribution in [1.82, 2.24) is 14.7 Å². The normalized spacial score (nSPS) is 23.3. The fourth-order valence-electron chi connectivity index (χ4n) is 3.88. The minimum Gasteiger partial charge on any atom is -0.481 e. The Hall–Kier alpha value is -2.61. The molecule has 2 aliphatic rings. The first-order valence-electron chi connectivity index (χ1n) is 9.62. The molecule has 152 valence electrons. The Morgan fingerprint density at radius 2 is 1.71 bits per heavy atom. The van der Waals surface area contributed by atoms with Crippen molar-refractivity contribution < 1.29 is 24.2 Å². The minimum atomic E-state index is -0.895. The predicted molar refractivity (Wildman–Crippen MR) is 102 cm³/mol. The maximum atomic E-state index is 12.5. The lowest BCUT2D eigenvalue weighted by atomic mass is 9.93. The van der Waals surface area contributed by atoms with Crippen LogP contribution in [0.1, 0.15) is 18.9 Å². The number of likely N-dealkylation sites (tertiary alicyclic amines) is 1. The van der Waals surface area contributed by atoms with Gasteiger partial charge in [0.1, 0.15) is 6.61 Å². The highest BCUT2D eigenvalue weighted by Gasteiger charge is 2.38. The Labute approximate surface area is 164 Å². The van der Waals surface area contributed by atoms with E-state index >= 15 is 0 Å². The molecule has 2 heterocycles. The summed E-state index contributed by atoms with van der Waals surface area (Å²) in [5.74, 6) is -1.46. The molecule has 2 fully saturated rings. The number of carbonyl (C=O) groups excluding carboxylic acids is 2. The number of ether oxygens (including phenoxy) is 1. The average molecular weight is 389 g/mol. The first kappa shape index (κ1) is 20.1. The molecule has 1 aromatic carbocycles. The third-order valence-electron chi connectivity index (χ3n) is 5.52. The van der Waals surface area contributed by atoms with Gasteiger partial charge in [-0.1, -0.05) is 30.3 Å². The molecule has 2 atom stereocenters. The highest BCUT2D eigenvalue weighted by Crippen LogP contribution is 2.23. The number of rotatable bonds is 4. The van der Waals surface area contributed by atoms with Crippen molar-refractivity contribution in [3.63, 3.8) is 0 Å². The number of carboxylic acids is 1. The van der Waals surface area contributed by atoms with Crippen LogP contribution in [0.3, 0.4) is 0 Å². The van der Waals surface area contributed by atoms with Crippen molar-refractivity contribution in [2.45, 2.75) is 26.0 Å². The maximum absolute atomic E-state index is 12.5. The molecule has 2 unspecified atom stereocenters. The largest absolute Gasteiger partial charge is 0.481 e. The van der Waals surface area contributed by atoms with E-state index in [0.29, 0.717) is 39.1 Å². The predicted octanol–water partition coefficient (Wildman–Crippen LogP) is 1.26. The fourth-order valence-corrected chi connectivity index (χ4v) is 3.88. The number of aliphatic carboxylic acids is 1. The van der Waals surface area contributed by atoms with Gasteiger partial charge in [0.15, 0.2) is 0 Å². The number of piperidine rings is 1. The highest BCUT2D eigenvalue weighted by molar-refractivity contribution is 5.74. The van der Waals surface area contributed by atoms with Crippen molar-refractivity contribution in [2.75, 3.05) is 39.3 Å². The van der Waals surface area contributed by atoms with Crippen LogP contribution in [0.25, 0.3) is 0 Å². The molecule has 28 heavy (non-hydrogen) atoms. The third-order valence-corrected chi connectivity index (χ3v) is 5.52. The van der Waals surface area contributed by atoms with Gasteiger partial charge in [-0.05, 0) is 12.0 Å². The molecule has 2 amide bonds. The number of benzene rings is 1. The van der Waals surface area contributed by atoms with Gasteiger partial charge < -0.3 is 19.6 Å². The summed E-state index contributed by atoms with van der Waals surface area (Å²) in [4.78, 5) is 41.2. The summed E-state index contributed by atoms with van der Waals surface area (Å²) in [6, 6.07) is 9.35. The van der Waals surface area contributed by atoms with Crippen LogP contribution in [0.2, 0.25) is 0 Å². The minimum absolute atomic E-state index is 0.0479. The average Bonchev–Trinajstić information content (AvgIpc) is 2.72. The summed E-state index contributed by atoms with van der Waals surface area (Å²) in [5.41, 5.74) is 0.888. The number of piperazine rings is 1. The van der Waals surface area contributed by atoms with Gasteiger partial charge in [-0.3, -0.25) is 14.5 Å². The van der Waals surface area contributed by atoms with Crippen molar-refractivity contribution in [1.29, 1.82) is 0 Å². The Morgan fingerprint density at radius 3 is 2.32 bits per heavy atom. The van der Waals surface area contributed by atoms with Gasteiger partial charge in [-0.15, -0.1) is 0 Å². The van der Waals surface area contributed by atoms with E-state index in [1.165, 1.54) is 4.90 Å². The zero-order valence-electron chi connectivity index (χ0n) is 16.1. The Morgan fingerprint density at radius 1 is 1.04 bits per heavy atom. The van der Waals surface area contributed by atoms with Crippen LogP contribution in [0, 0.1) is 5.92 Å². The van der Waals surface area contributed by atoms with Crippen molar-refractivity contribution in [2.24, 2.45) is 5.92 Å². The lowest BCUT2D eigenvalue weighted by Gasteiger charge is -2.44. The second kappa shape index (κ2) is 9.05. The van der Waals surface area contributed by atoms with Crippen molar-refractivity contribution >= 4 is 18.0 Å². The molecule has 2 saturated heterocycles. The summed E-state index contributed by atoms with van der Waals surface area (Å²) in [5, 5.41) is 9.53. The topological polar surface area (TPSA) is 90.4 Å². The Kier molecular flexibility index (Phi) is 6.51. The molecule has 0 aromatic heterocycles. The van der Waals surface area contributed by atoms with Gasteiger partial charge in [-0.25, -0.2) is 4.79 Å². The molecule has 1 N–H and O–H groups in total. The SMILES string of the molecule is CC(=O)N1CCN(C2CC(C(=O)O)CN(C(=O)OCc3ccccc3)C2)CC1. The van der Waals surface area contributed by atoms with Crippen LogP contribution in [0.15, 0.2) is 30.3 Å². The van der Waals surface area contributed by atoms with Gasteiger partial charge >= 0.3 is 12.1 Å². The molecular formula is C20H27N3O5. The molecule has 2 aliphatic heterocycles. The highest BCUT2D eigenvalue weighted by atomic mass is 16.6. The summed E-state index contributed by atoms with van der Waals surface area (Å²) < 4.78 is 5.40. The van der Waals surface area contributed by atoms with E-state index in [2.05, 4.69) is 4.90 Å². The zero-order valence-corrected chi connectivity index (χ0v) is 16.1. The Bertz CT molecular complexity index is 703. The van der Waals surface area contributed by atoms with Crippen LogP contribution in [-0.4, -0.2) is 83.1 Å². The molecule has 0 radical (unpaired) electrons. The standard InChI is InChI=1S/C20H27N3O5/c1-15(24)21-7-9-22(10-8-21)18-11-17(19(25)26)12-23(13-18)20(27)28-14-16-5-3-2-4-6-16/h2-6,17-18H,7-14H2,1H3,(H,25,26). The summed E-state index contributed by atoms with van der Waals surface area (Å²) >= 11 is 0. The molecule has 0 spiro atoms.